The summed E-state index contributed by atoms with van der Waals surface area (Å²) in [7, 11) is -3.69. The molecular weight excluding hydrogens is 496 g/mol. The molecule has 0 radical (unpaired) electrons. The van der Waals surface area contributed by atoms with Gasteiger partial charge in [-0.25, -0.2) is 8.42 Å². The summed E-state index contributed by atoms with van der Waals surface area (Å²) in [5, 5.41) is 8.41. The average Bonchev–Trinajstić information content (AvgIpc) is 3.47. The van der Waals surface area contributed by atoms with Gasteiger partial charge in [0.1, 0.15) is 0 Å². The fourth-order valence-electron chi connectivity index (χ4n) is 4.14. The van der Waals surface area contributed by atoms with Gasteiger partial charge in [0, 0.05) is 23.0 Å². The second-order valence-electron chi connectivity index (χ2n) is 8.60. The van der Waals surface area contributed by atoms with Gasteiger partial charge in [-0.3, -0.25) is 9.52 Å². The molecular formula is C26H24N4O4S2. The van der Waals surface area contributed by atoms with Crippen molar-refractivity contribution in [2.75, 3.05) is 15.4 Å². The lowest BCUT2D eigenvalue weighted by Crippen LogP contribution is -2.36. The SMILES string of the molecule is Cc1ccc(S(=O)(=O)Nc2ccc(-c3nnc(SCC(=O)N4c5ccccc5C[C@H]4C)o3)cc2)cc1. The van der Waals surface area contributed by atoms with E-state index >= 15 is 0 Å². The summed E-state index contributed by atoms with van der Waals surface area (Å²) in [6.07, 6.45) is 0.842. The molecule has 0 bridgehead atoms. The normalized spacial score (nSPS) is 15.1. The lowest BCUT2D eigenvalue weighted by molar-refractivity contribution is -0.116. The van der Waals surface area contributed by atoms with Gasteiger partial charge in [0.05, 0.1) is 10.6 Å². The first-order valence-corrected chi connectivity index (χ1v) is 13.8. The summed E-state index contributed by atoms with van der Waals surface area (Å²) in [5.41, 5.74) is 4.17. The van der Waals surface area contributed by atoms with E-state index < -0.39 is 10.0 Å². The predicted octanol–water partition coefficient (Wildman–Crippen LogP) is 4.92. The van der Waals surface area contributed by atoms with Crippen LogP contribution in [0.3, 0.4) is 0 Å². The molecule has 8 nitrogen and oxygen atoms in total. The molecule has 5 rings (SSSR count). The van der Waals surface area contributed by atoms with E-state index in [-0.39, 0.29) is 28.5 Å². The van der Waals surface area contributed by atoms with Crippen LogP contribution in [0.4, 0.5) is 11.4 Å². The topological polar surface area (TPSA) is 105 Å². The Kier molecular flexibility index (Phi) is 6.55. The first kappa shape index (κ1) is 24.1. The maximum absolute atomic E-state index is 12.9. The number of anilines is 2. The Morgan fingerprint density at radius 3 is 2.53 bits per heavy atom. The fourth-order valence-corrected chi connectivity index (χ4v) is 5.82. The number of thioether (sulfide) groups is 1. The van der Waals surface area contributed by atoms with Crippen LogP contribution >= 0.6 is 11.8 Å². The second-order valence-corrected chi connectivity index (χ2v) is 11.2. The summed E-state index contributed by atoms with van der Waals surface area (Å²) in [6, 6.07) is 21.3. The summed E-state index contributed by atoms with van der Waals surface area (Å²) < 4.78 is 33.5. The molecule has 3 aromatic carbocycles. The monoisotopic (exact) mass is 520 g/mol. The molecule has 0 unspecified atom stereocenters. The van der Waals surface area contributed by atoms with Gasteiger partial charge in [-0.15, -0.1) is 10.2 Å². The van der Waals surface area contributed by atoms with Crippen molar-refractivity contribution in [3.05, 3.63) is 83.9 Å². The number of aromatic nitrogens is 2. The molecule has 1 aliphatic rings. The maximum Gasteiger partial charge on any atom is 0.277 e. The third-order valence-corrected chi connectivity index (χ3v) is 8.12. The number of carbonyl (C=O) groups excluding carboxylic acids is 1. The van der Waals surface area contributed by atoms with Crippen LogP contribution in [-0.4, -0.2) is 36.3 Å². The lowest BCUT2D eigenvalue weighted by Gasteiger charge is -2.22. The van der Waals surface area contributed by atoms with Crippen molar-refractivity contribution in [1.29, 1.82) is 0 Å². The molecule has 2 heterocycles. The summed E-state index contributed by atoms with van der Waals surface area (Å²) in [6.45, 7) is 3.94. The van der Waals surface area contributed by atoms with Gasteiger partial charge in [-0.1, -0.05) is 47.7 Å². The van der Waals surface area contributed by atoms with Crippen LogP contribution in [-0.2, 0) is 21.2 Å². The number of nitrogens with zero attached hydrogens (tertiary/aromatic N) is 3. The van der Waals surface area contributed by atoms with Crippen molar-refractivity contribution < 1.29 is 17.6 Å². The van der Waals surface area contributed by atoms with Gasteiger partial charge in [0.2, 0.25) is 11.8 Å². The van der Waals surface area contributed by atoms with E-state index in [1.165, 1.54) is 17.3 Å². The molecule has 0 saturated heterocycles. The highest BCUT2D eigenvalue weighted by molar-refractivity contribution is 7.99. The number of sulfonamides is 1. The van der Waals surface area contributed by atoms with Crippen molar-refractivity contribution >= 4 is 39.1 Å². The zero-order chi connectivity index (χ0) is 25.3. The molecule has 0 saturated carbocycles. The molecule has 184 valence electrons. The molecule has 36 heavy (non-hydrogen) atoms. The Balaban J connectivity index is 1.21. The van der Waals surface area contributed by atoms with Crippen LogP contribution in [0.15, 0.2) is 87.3 Å². The molecule has 4 aromatic rings. The molecule has 1 aliphatic heterocycles. The zero-order valence-corrected chi connectivity index (χ0v) is 21.3. The van der Waals surface area contributed by atoms with Crippen LogP contribution in [0.2, 0.25) is 0 Å². The minimum absolute atomic E-state index is 0.0117. The minimum Gasteiger partial charge on any atom is -0.411 e. The Hall–Kier alpha value is -3.63. The summed E-state index contributed by atoms with van der Waals surface area (Å²) in [5.74, 6) is 0.459. The number of aryl methyl sites for hydroxylation is 1. The van der Waals surface area contributed by atoms with E-state index in [4.69, 9.17) is 4.42 Å². The molecule has 0 aliphatic carbocycles. The van der Waals surface area contributed by atoms with Gasteiger partial charge in [0.15, 0.2) is 0 Å². The zero-order valence-electron chi connectivity index (χ0n) is 19.7. The number of hydrogen-bond donors (Lipinski definition) is 1. The number of amides is 1. The van der Waals surface area contributed by atoms with Gasteiger partial charge < -0.3 is 9.32 Å². The molecule has 0 fully saturated rings. The third-order valence-electron chi connectivity index (χ3n) is 5.92. The van der Waals surface area contributed by atoms with E-state index in [0.29, 0.717) is 16.5 Å². The number of nitrogens with one attached hydrogen (secondary N) is 1. The smallest absolute Gasteiger partial charge is 0.277 e. The van der Waals surface area contributed by atoms with Gasteiger partial charge in [0.25, 0.3) is 15.2 Å². The highest BCUT2D eigenvalue weighted by Gasteiger charge is 2.30. The first-order chi connectivity index (χ1) is 17.3. The number of carbonyl (C=O) groups is 1. The number of para-hydroxylation sites is 1. The van der Waals surface area contributed by atoms with Crippen molar-refractivity contribution in [3.8, 4) is 11.5 Å². The predicted molar refractivity (Wildman–Crippen MR) is 140 cm³/mol. The van der Waals surface area contributed by atoms with Crippen molar-refractivity contribution in [2.24, 2.45) is 0 Å². The Morgan fingerprint density at radius 2 is 1.78 bits per heavy atom. The van der Waals surface area contributed by atoms with Gasteiger partial charge >= 0.3 is 0 Å². The number of rotatable bonds is 7. The van der Waals surface area contributed by atoms with E-state index in [0.717, 1.165) is 17.7 Å². The molecule has 10 heteroatoms. The van der Waals surface area contributed by atoms with Crippen LogP contribution < -0.4 is 9.62 Å². The largest absolute Gasteiger partial charge is 0.411 e. The molecule has 1 aromatic heterocycles. The molecule has 1 atom stereocenters. The van der Waals surface area contributed by atoms with Gasteiger partial charge in [-0.05, 0) is 68.3 Å². The Bertz CT molecular complexity index is 1500. The van der Waals surface area contributed by atoms with Crippen LogP contribution in [0.25, 0.3) is 11.5 Å². The van der Waals surface area contributed by atoms with E-state index in [1.54, 1.807) is 48.5 Å². The van der Waals surface area contributed by atoms with Crippen LogP contribution in [0.1, 0.15) is 18.1 Å². The standard InChI is InChI=1S/C26H24N4O4S2/c1-17-7-13-22(14-8-17)36(32,33)29-21-11-9-19(10-12-21)25-27-28-26(34-25)35-16-24(31)30-18(2)15-20-5-3-4-6-23(20)30/h3-14,18,29H,15-16H2,1-2H3/t18-/m1/s1. The summed E-state index contributed by atoms with van der Waals surface area (Å²) in [4.78, 5) is 14.9. The molecule has 1 N–H and O–H groups in total. The number of hydrogen-bond acceptors (Lipinski definition) is 7. The van der Waals surface area contributed by atoms with Crippen molar-refractivity contribution in [3.63, 3.8) is 0 Å². The molecule has 0 spiro atoms. The van der Waals surface area contributed by atoms with Crippen molar-refractivity contribution in [1.82, 2.24) is 10.2 Å². The minimum atomic E-state index is -3.69. The Morgan fingerprint density at radius 1 is 1.06 bits per heavy atom. The second kappa shape index (κ2) is 9.79. The summed E-state index contributed by atoms with van der Waals surface area (Å²) >= 11 is 1.19. The lowest BCUT2D eigenvalue weighted by atomic mass is 10.1. The number of benzene rings is 3. The fraction of sp³-hybridized carbons (Fsp3) is 0.192. The number of fused-ring (bicyclic) bond motifs is 1. The highest BCUT2D eigenvalue weighted by atomic mass is 32.2. The molecule has 1 amide bonds. The highest BCUT2D eigenvalue weighted by Crippen LogP contribution is 2.33. The van der Waals surface area contributed by atoms with E-state index in [2.05, 4.69) is 21.0 Å². The van der Waals surface area contributed by atoms with Crippen molar-refractivity contribution in [2.45, 2.75) is 36.4 Å². The maximum atomic E-state index is 12.9. The quantitative estimate of drug-likeness (QED) is 0.345. The first-order valence-electron chi connectivity index (χ1n) is 11.4. The van der Waals surface area contributed by atoms with Gasteiger partial charge in [-0.2, -0.15) is 0 Å². The average molecular weight is 521 g/mol. The third kappa shape index (κ3) is 5.00. The van der Waals surface area contributed by atoms with Crippen LogP contribution in [0, 0.1) is 6.92 Å². The van der Waals surface area contributed by atoms with Crippen LogP contribution in [0.5, 0.6) is 0 Å². The van der Waals surface area contributed by atoms with E-state index in [9.17, 15) is 13.2 Å². The Labute approximate surface area is 213 Å². The van der Waals surface area contributed by atoms with E-state index in [1.807, 2.05) is 36.9 Å².